The number of methoxy groups -OCH3 is 1. The number of ether oxygens (including phenoxy) is 1. The first-order chi connectivity index (χ1) is 12.4. The molecule has 1 aliphatic heterocycles. The van der Waals surface area contributed by atoms with E-state index < -0.39 is 46.5 Å². The molecule has 0 aromatic heterocycles. The summed E-state index contributed by atoms with van der Waals surface area (Å²) in [7, 11) is 1.17. The van der Waals surface area contributed by atoms with Crippen LogP contribution in [0.1, 0.15) is 12.0 Å². The molecule has 136 valence electrons. The van der Waals surface area contributed by atoms with E-state index in [1.54, 1.807) is 0 Å². The zero-order chi connectivity index (χ0) is 18.8. The molecule has 1 heterocycles. The smallest absolute Gasteiger partial charge is 0.268 e. The number of amides is 1. The second kappa shape index (κ2) is 7.03. The molecule has 0 radical (unpaired) electrons. The van der Waals surface area contributed by atoms with Crippen molar-refractivity contribution in [2.24, 2.45) is 5.16 Å². The molecule has 26 heavy (non-hydrogen) atoms. The predicted octanol–water partition coefficient (Wildman–Crippen LogP) is 3.38. The lowest BCUT2D eigenvalue weighted by molar-refractivity contribution is -0.125. The monoisotopic (exact) mass is 368 g/mol. The third-order valence-corrected chi connectivity index (χ3v) is 3.71. The average molecular weight is 368 g/mol. The first kappa shape index (κ1) is 17.7. The van der Waals surface area contributed by atoms with Gasteiger partial charge >= 0.3 is 0 Å². The summed E-state index contributed by atoms with van der Waals surface area (Å²) in [6.45, 7) is 0. The summed E-state index contributed by atoms with van der Waals surface area (Å²) in [4.78, 5) is 17.0. The molecule has 5 nitrogen and oxygen atoms in total. The van der Waals surface area contributed by atoms with Crippen molar-refractivity contribution in [2.45, 2.75) is 12.5 Å². The van der Waals surface area contributed by atoms with Gasteiger partial charge in [0.15, 0.2) is 17.4 Å². The van der Waals surface area contributed by atoms with Gasteiger partial charge in [-0.25, -0.2) is 17.6 Å². The Kier molecular flexibility index (Phi) is 4.79. The van der Waals surface area contributed by atoms with Crippen LogP contribution in [0.15, 0.2) is 35.5 Å². The number of carbonyl (C=O) groups excluding carboxylic acids is 1. The molecular formula is C17H12F4N2O3. The van der Waals surface area contributed by atoms with Crippen LogP contribution < -0.4 is 10.1 Å². The number of nitrogens with one attached hydrogen (secondary N) is 1. The van der Waals surface area contributed by atoms with Crippen LogP contribution >= 0.6 is 0 Å². The van der Waals surface area contributed by atoms with E-state index in [1.165, 1.54) is 13.2 Å². The standard InChI is InChI=1S/C17H12F4N2O3/c1-25-14-6-10(20)12(5-11(14)21)22-17(24)15-7-13(23-26-15)16-8(18)3-2-4-9(16)19/h2-6,15H,7H2,1H3,(H,22,24). The fourth-order valence-electron chi connectivity index (χ4n) is 2.43. The minimum Gasteiger partial charge on any atom is -0.494 e. The number of oxime groups is 1. The van der Waals surface area contributed by atoms with E-state index in [0.717, 1.165) is 24.3 Å². The van der Waals surface area contributed by atoms with Gasteiger partial charge < -0.3 is 14.9 Å². The molecule has 2 aromatic rings. The van der Waals surface area contributed by atoms with Gasteiger partial charge in [0.1, 0.15) is 11.6 Å². The van der Waals surface area contributed by atoms with Gasteiger partial charge in [-0.3, -0.25) is 4.79 Å². The van der Waals surface area contributed by atoms with E-state index in [4.69, 9.17) is 4.84 Å². The van der Waals surface area contributed by atoms with Crippen molar-refractivity contribution in [1.29, 1.82) is 0 Å². The molecule has 1 atom stereocenters. The summed E-state index contributed by atoms with van der Waals surface area (Å²) in [6, 6.07) is 4.81. The maximum absolute atomic E-state index is 13.9. The van der Waals surface area contributed by atoms with Gasteiger partial charge in [-0.1, -0.05) is 11.2 Å². The first-order valence-corrected chi connectivity index (χ1v) is 7.41. The first-order valence-electron chi connectivity index (χ1n) is 7.41. The number of nitrogens with zero attached hydrogens (tertiary/aromatic N) is 1. The second-order valence-corrected chi connectivity index (χ2v) is 5.39. The number of halogens is 4. The molecule has 1 N–H and O–H groups in total. The van der Waals surface area contributed by atoms with Crippen LogP contribution in [-0.4, -0.2) is 24.8 Å². The summed E-state index contributed by atoms with van der Waals surface area (Å²) in [6.07, 6.45) is -1.47. The Bertz CT molecular complexity index is 882. The molecule has 9 heteroatoms. The van der Waals surface area contributed by atoms with Crippen molar-refractivity contribution in [3.63, 3.8) is 0 Å². The van der Waals surface area contributed by atoms with Crippen molar-refractivity contribution in [1.82, 2.24) is 0 Å². The molecule has 0 saturated heterocycles. The van der Waals surface area contributed by atoms with Gasteiger partial charge in [0.05, 0.1) is 24.1 Å². The highest BCUT2D eigenvalue weighted by Crippen LogP contribution is 2.26. The van der Waals surface area contributed by atoms with Gasteiger partial charge in [0.25, 0.3) is 5.91 Å². The maximum Gasteiger partial charge on any atom is 0.268 e. The van der Waals surface area contributed by atoms with Gasteiger partial charge in [-0.2, -0.15) is 0 Å². The molecule has 3 rings (SSSR count). The fraction of sp³-hybridized carbons (Fsp3) is 0.176. The SMILES string of the molecule is COc1cc(F)c(NC(=O)C2CC(c3c(F)cccc3F)=NO2)cc1F. The molecule has 1 unspecified atom stereocenters. The molecular weight excluding hydrogens is 356 g/mol. The Balaban J connectivity index is 1.73. The number of anilines is 1. The predicted molar refractivity (Wildman–Crippen MR) is 83.9 cm³/mol. The van der Waals surface area contributed by atoms with Crippen LogP contribution in [0.25, 0.3) is 0 Å². The molecule has 0 fully saturated rings. The van der Waals surface area contributed by atoms with Crippen molar-refractivity contribution < 1.29 is 31.9 Å². The largest absolute Gasteiger partial charge is 0.494 e. The molecule has 0 spiro atoms. The Morgan fingerprint density at radius 1 is 1.15 bits per heavy atom. The zero-order valence-corrected chi connectivity index (χ0v) is 13.4. The topological polar surface area (TPSA) is 59.9 Å². The number of rotatable bonds is 4. The van der Waals surface area contributed by atoms with E-state index in [2.05, 4.69) is 15.2 Å². The Morgan fingerprint density at radius 2 is 1.85 bits per heavy atom. The van der Waals surface area contributed by atoms with Crippen molar-refractivity contribution in [2.75, 3.05) is 12.4 Å². The Labute approximate surface area is 145 Å². The maximum atomic E-state index is 13.9. The van der Waals surface area contributed by atoms with Gasteiger partial charge in [-0.05, 0) is 12.1 Å². The summed E-state index contributed by atoms with van der Waals surface area (Å²) in [5.74, 6) is -4.66. The number of hydrogen-bond acceptors (Lipinski definition) is 4. The van der Waals surface area contributed by atoms with Crippen LogP contribution in [0.4, 0.5) is 23.2 Å². The summed E-state index contributed by atoms with van der Waals surface area (Å²) in [5.41, 5.74) is -0.922. The molecule has 1 amide bonds. The van der Waals surface area contributed by atoms with Gasteiger partial charge in [-0.15, -0.1) is 0 Å². The summed E-state index contributed by atoms with van der Waals surface area (Å²) < 4.78 is 59.7. The summed E-state index contributed by atoms with van der Waals surface area (Å²) >= 11 is 0. The lowest BCUT2D eigenvalue weighted by Crippen LogP contribution is -2.28. The highest BCUT2D eigenvalue weighted by molar-refractivity contribution is 6.06. The average Bonchev–Trinajstić information content (AvgIpc) is 3.07. The minimum atomic E-state index is -1.24. The third-order valence-electron chi connectivity index (χ3n) is 3.71. The zero-order valence-electron chi connectivity index (χ0n) is 13.4. The second-order valence-electron chi connectivity index (χ2n) is 5.39. The molecule has 0 aliphatic carbocycles. The van der Waals surface area contributed by atoms with E-state index in [-0.39, 0.29) is 17.9 Å². The summed E-state index contributed by atoms with van der Waals surface area (Å²) in [5, 5.41) is 5.68. The lowest BCUT2D eigenvalue weighted by atomic mass is 10.0. The number of hydrogen-bond donors (Lipinski definition) is 1. The Morgan fingerprint density at radius 3 is 2.50 bits per heavy atom. The van der Waals surface area contributed by atoms with Crippen LogP contribution in [0, 0.1) is 23.3 Å². The van der Waals surface area contributed by atoms with Crippen LogP contribution in [0.3, 0.4) is 0 Å². The van der Waals surface area contributed by atoms with Crippen molar-refractivity contribution in [3.05, 3.63) is 59.2 Å². The molecule has 1 aliphatic rings. The van der Waals surface area contributed by atoms with Gasteiger partial charge in [0.2, 0.25) is 6.10 Å². The van der Waals surface area contributed by atoms with E-state index >= 15 is 0 Å². The molecule has 2 aromatic carbocycles. The number of carbonyl (C=O) groups is 1. The Hall–Kier alpha value is -3.10. The fourth-order valence-corrected chi connectivity index (χ4v) is 2.43. The van der Waals surface area contributed by atoms with E-state index in [9.17, 15) is 22.4 Å². The van der Waals surface area contributed by atoms with Crippen molar-refractivity contribution in [3.8, 4) is 5.75 Å². The van der Waals surface area contributed by atoms with E-state index in [1.807, 2.05) is 0 Å². The minimum absolute atomic E-state index is 0.0952. The molecule has 0 saturated carbocycles. The highest BCUT2D eigenvalue weighted by Gasteiger charge is 2.32. The lowest BCUT2D eigenvalue weighted by Gasteiger charge is -2.11. The third kappa shape index (κ3) is 3.32. The normalized spacial score (nSPS) is 16.0. The van der Waals surface area contributed by atoms with Crippen molar-refractivity contribution >= 4 is 17.3 Å². The van der Waals surface area contributed by atoms with Gasteiger partial charge in [0, 0.05) is 18.6 Å². The van der Waals surface area contributed by atoms with E-state index in [0.29, 0.717) is 0 Å². The molecule has 0 bridgehead atoms. The van der Waals surface area contributed by atoms with Crippen LogP contribution in [0.5, 0.6) is 5.75 Å². The quantitative estimate of drug-likeness (QED) is 0.842. The van der Waals surface area contributed by atoms with Crippen LogP contribution in [0.2, 0.25) is 0 Å². The number of benzene rings is 2. The highest BCUT2D eigenvalue weighted by atomic mass is 19.1. The van der Waals surface area contributed by atoms with Crippen LogP contribution in [-0.2, 0) is 9.63 Å².